The van der Waals surface area contributed by atoms with E-state index in [0.29, 0.717) is 23.4 Å². The molecule has 2 N–H and O–H groups in total. The Kier molecular flexibility index (Phi) is 3.60. The molecule has 27 heavy (non-hydrogen) atoms. The first-order valence-corrected chi connectivity index (χ1v) is 9.18. The predicted octanol–water partition coefficient (Wildman–Crippen LogP) is 2.27. The van der Waals surface area contributed by atoms with Crippen molar-refractivity contribution in [1.29, 1.82) is 0 Å². The first-order valence-electron chi connectivity index (χ1n) is 9.18. The van der Waals surface area contributed by atoms with Gasteiger partial charge in [0.25, 0.3) is 5.56 Å². The van der Waals surface area contributed by atoms with Gasteiger partial charge in [-0.1, -0.05) is 30.3 Å². The third-order valence-corrected chi connectivity index (χ3v) is 5.18. The highest BCUT2D eigenvalue weighted by Gasteiger charge is 2.22. The molecule has 3 heterocycles. The Balaban J connectivity index is 1.82. The Hall–Kier alpha value is -3.35. The fraction of sp³-hybridized carbons (Fsp3) is 0.250. The molecule has 7 heteroatoms. The smallest absolute Gasteiger partial charge is 0.263 e. The van der Waals surface area contributed by atoms with Gasteiger partial charge in [0.15, 0.2) is 0 Å². The zero-order valence-electron chi connectivity index (χ0n) is 14.9. The van der Waals surface area contributed by atoms with Crippen LogP contribution in [0.15, 0.2) is 53.3 Å². The van der Waals surface area contributed by atoms with Gasteiger partial charge < -0.3 is 10.6 Å². The summed E-state index contributed by atoms with van der Waals surface area (Å²) in [5, 5.41) is 9.42. The molecule has 0 bridgehead atoms. The molecular formula is C20H20N6O. The van der Waals surface area contributed by atoms with Crippen LogP contribution < -0.4 is 16.2 Å². The lowest BCUT2D eigenvalue weighted by Crippen LogP contribution is -2.26. The molecule has 1 fully saturated rings. The van der Waals surface area contributed by atoms with E-state index in [1.54, 1.807) is 10.6 Å². The van der Waals surface area contributed by atoms with Gasteiger partial charge >= 0.3 is 0 Å². The molecular weight excluding hydrogens is 340 g/mol. The van der Waals surface area contributed by atoms with Crippen molar-refractivity contribution in [2.45, 2.75) is 19.4 Å². The fourth-order valence-electron chi connectivity index (χ4n) is 3.84. The number of rotatable bonds is 3. The Morgan fingerprint density at radius 1 is 1.00 bits per heavy atom. The Labute approximate surface area is 155 Å². The number of anilines is 2. The second kappa shape index (κ2) is 6.12. The molecule has 0 unspecified atom stereocenters. The van der Waals surface area contributed by atoms with Crippen LogP contribution >= 0.6 is 0 Å². The van der Waals surface area contributed by atoms with Gasteiger partial charge in [-0.15, -0.1) is 10.2 Å². The summed E-state index contributed by atoms with van der Waals surface area (Å²) < 4.78 is 3.67. The predicted molar refractivity (Wildman–Crippen MR) is 106 cm³/mol. The SMILES string of the molecule is Nc1ccc2c(c1)c(=O)n(Cc1ccccc1)c1nnc(N3CCCC3)n21. The van der Waals surface area contributed by atoms with Crippen molar-refractivity contribution in [2.24, 2.45) is 0 Å². The number of aromatic nitrogens is 4. The first-order chi connectivity index (χ1) is 13.2. The highest BCUT2D eigenvalue weighted by molar-refractivity contribution is 5.84. The largest absolute Gasteiger partial charge is 0.399 e. The number of nitrogens with zero attached hydrogens (tertiary/aromatic N) is 5. The van der Waals surface area contributed by atoms with Gasteiger partial charge in [0.2, 0.25) is 11.7 Å². The van der Waals surface area contributed by atoms with Gasteiger partial charge in [0, 0.05) is 18.8 Å². The second-order valence-corrected chi connectivity index (χ2v) is 6.98. The third kappa shape index (κ3) is 2.54. The van der Waals surface area contributed by atoms with E-state index < -0.39 is 0 Å². The van der Waals surface area contributed by atoms with Crippen molar-refractivity contribution >= 4 is 28.3 Å². The molecule has 1 aliphatic rings. The summed E-state index contributed by atoms with van der Waals surface area (Å²) >= 11 is 0. The Morgan fingerprint density at radius 3 is 2.56 bits per heavy atom. The van der Waals surface area contributed by atoms with Crippen molar-refractivity contribution in [3.8, 4) is 0 Å². The molecule has 136 valence electrons. The standard InChI is InChI=1S/C20H20N6O/c21-15-8-9-17-16(12-15)18(27)25(13-14-6-2-1-3-7-14)20-23-22-19(26(17)20)24-10-4-5-11-24/h1-3,6-9,12H,4-5,10-11,13,21H2. The first kappa shape index (κ1) is 15.9. The molecule has 7 nitrogen and oxygen atoms in total. The molecule has 0 saturated carbocycles. The average Bonchev–Trinajstić information content (AvgIpc) is 3.35. The third-order valence-electron chi connectivity index (χ3n) is 5.18. The van der Waals surface area contributed by atoms with Crippen LogP contribution in [-0.2, 0) is 6.54 Å². The van der Waals surface area contributed by atoms with Crippen LogP contribution in [0.2, 0.25) is 0 Å². The summed E-state index contributed by atoms with van der Waals surface area (Å²) in [6, 6.07) is 15.4. The van der Waals surface area contributed by atoms with E-state index in [2.05, 4.69) is 15.1 Å². The number of hydrogen-bond donors (Lipinski definition) is 1. The van der Waals surface area contributed by atoms with Crippen molar-refractivity contribution in [3.05, 3.63) is 64.4 Å². The summed E-state index contributed by atoms with van der Waals surface area (Å²) in [7, 11) is 0. The van der Waals surface area contributed by atoms with E-state index >= 15 is 0 Å². The van der Waals surface area contributed by atoms with Crippen LogP contribution in [0.3, 0.4) is 0 Å². The topological polar surface area (TPSA) is 81.5 Å². The summed E-state index contributed by atoms with van der Waals surface area (Å²) in [5.74, 6) is 1.35. The van der Waals surface area contributed by atoms with Gasteiger partial charge in [0.1, 0.15) is 0 Å². The van der Waals surface area contributed by atoms with E-state index in [1.165, 1.54) is 0 Å². The van der Waals surface area contributed by atoms with Gasteiger partial charge in [-0.2, -0.15) is 0 Å². The summed E-state index contributed by atoms with van der Waals surface area (Å²) in [5.41, 5.74) is 8.27. The number of hydrogen-bond acceptors (Lipinski definition) is 5. The molecule has 0 radical (unpaired) electrons. The maximum absolute atomic E-state index is 13.2. The summed E-state index contributed by atoms with van der Waals surface area (Å²) in [4.78, 5) is 15.5. The maximum Gasteiger partial charge on any atom is 0.263 e. The molecule has 0 atom stereocenters. The van der Waals surface area contributed by atoms with Crippen LogP contribution in [0, 0.1) is 0 Å². The Morgan fingerprint density at radius 2 is 1.78 bits per heavy atom. The summed E-state index contributed by atoms with van der Waals surface area (Å²) in [6.07, 6.45) is 2.28. The van der Waals surface area contributed by atoms with E-state index in [9.17, 15) is 4.79 Å². The monoisotopic (exact) mass is 360 g/mol. The van der Waals surface area contributed by atoms with Gasteiger partial charge in [-0.3, -0.25) is 9.36 Å². The van der Waals surface area contributed by atoms with Gasteiger partial charge in [-0.05, 0) is 36.6 Å². The molecule has 4 aromatic rings. The van der Waals surface area contributed by atoms with Gasteiger partial charge in [-0.25, -0.2) is 4.40 Å². The molecule has 0 aliphatic carbocycles. The fourth-order valence-corrected chi connectivity index (χ4v) is 3.84. The van der Waals surface area contributed by atoms with Crippen LogP contribution in [-0.4, -0.2) is 32.3 Å². The molecule has 5 rings (SSSR count). The van der Waals surface area contributed by atoms with E-state index in [4.69, 9.17) is 5.73 Å². The molecule has 2 aromatic heterocycles. The molecule has 0 amide bonds. The quantitative estimate of drug-likeness (QED) is 0.567. The van der Waals surface area contributed by atoms with Crippen molar-refractivity contribution < 1.29 is 0 Å². The molecule has 1 saturated heterocycles. The Bertz CT molecular complexity index is 1190. The highest BCUT2D eigenvalue weighted by atomic mass is 16.1. The number of nitrogen functional groups attached to an aromatic ring is 1. The molecule has 1 aliphatic heterocycles. The lowest BCUT2D eigenvalue weighted by molar-refractivity contribution is 0.765. The average molecular weight is 360 g/mol. The molecule has 2 aromatic carbocycles. The number of benzene rings is 2. The number of nitrogens with two attached hydrogens (primary N) is 1. The normalized spacial score (nSPS) is 14.4. The van der Waals surface area contributed by atoms with Crippen LogP contribution in [0.5, 0.6) is 0 Å². The van der Waals surface area contributed by atoms with Crippen LogP contribution in [0.4, 0.5) is 11.6 Å². The lowest BCUT2D eigenvalue weighted by atomic mass is 10.2. The zero-order valence-corrected chi connectivity index (χ0v) is 14.9. The van der Waals surface area contributed by atoms with Crippen LogP contribution in [0.25, 0.3) is 16.7 Å². The number of fused-ring (bicyclic) bond motifs is 3. The van der Waals surface area contributed by atoms with Crippen molar-refractivity contribution in [1.82, 2.24) is 19.2 Å². The molecule has 0 spiro atoms. The van der Waals surface area contributed by atoms with Crippen molar-refractivity contribution in [3.63, 3.8) is 0 Å². The second-order valence-electron chi connectivity index (χ2n) is 6.98. The summed E-state index contributed by atoms with van der Waals surface area (Å²) in [6.45, 7) is 2.34. The zero-order chi connectivity index (χ0) is 18.4. The minimum Gasteiger partial charge on any atom is -0.399 e. The maximum atomic E-state index is 13.2. The highest BCUT2D eigenvalue weighted by Crippen LogP contribution is 2.24. The minimum absolute atomic E-state index is 0.103. The van der Waals surface area contributed by atoms with Gasteiger partial charge in [0.05, 0.1) is 17.4 Å². The van der Waals surface area contributed by atoms with Crippen molar-refractivity contribution in [2.75, 3.05) is 23.7 Å². The van der Waals surface area contributed by atoms with E-state index in [1.807, 2.05) is 46.9 Å². The minimum atomic E-state index is -0.103. The van der Waals surface area contributed by atoms with E-state index in [0.717, 1.165) is 43.0 Å². The lowest BCUT2D eigenvalue weighted by Gasteiger charge is -2.17. The van der Waals surface area contributed by atoms with E-state index in [-0.39, 0.29) is 5.56 Å². The van der Waals surface area contributed by atoms with Crippen LogP contribution in [0.1, 0.15) is 18.4 Å².